The molecule has 0 spiro atoms. The van der Waals surface area contributed by atoms with E-state index in [9.17, 15) is 40.5 Å². The van der Waals surface area contributed by atoms with Crippen molar-refractivity contribution in [3.05, 3.63) is 146 Å². The number of unbranched alkanes of at least 4 members (excludes halogenated alkanes) is 7. The maximum absolute atomic E-state index is 13.1. The number of rotatable bonds is 45. The van der Waals surface area contributed by atoms with E-state index in [2.05, 4.69) is 160 Å². The molecule has 2 aliphatic rings. The van der Waals surface area contributed by atoms with Gasteiger partial charge in [-0.2, -0.15) is 0 Å². The summed E-state index contributed by atoms with van der Waals surface area (Å²) in [6.45, 7) is 3.25. The zero-order valence-electron chi connectivity index (χ0n) is 47.8. The van der Waals surface area contributed by atoms with Crippen LogP contribution in [0, 0.1) is 0 Å². The lowest BCUT2D eigenvalue weighted by Gasteiger charge is -2.42. The van der Waals surface area contributed by atoms with E-state index in [1.807, 2.05) is 0 Å². The summed E-state index contributed by atoms with van der Waals surface area (Å²) in [5, 5.41) is 72.4. The topological polar surface area (TPSA) is 214 Å². The van der Waals surface area contributed by atoms with Crippen molar-refractivity contribution in [1.29, 1.82) is 0 Å². The van der Waals surface area contributed by atoms with Crippen molar-refractivity contribution in [2.45, 2.75) is 223 Å². The fourth-order valence-electron chi connectivity index (χ4n) is 8.19. The van der Waals surface area contributed by atoms with Crippen LogP contribution in [0.5, 0.6) is 0 Å². The predicted octanol–water partition coefficient (Wildman–Crippen LogP) is 10.9. The molecule has 79 heavy (non-hydrogen) atoms. The molecule has 14 nitrogen and oxygen atoms in total. The van der Waals surface area contributed by atoms with E-state index in [4.69, 9.17) is 28.4 Å². The van der Waals surface area contributed by atoms with Gasteiger partial charge >= 0.3 is 5.97 Å². The first-order valence-electron chi connectivity index (χ1n) is 29.4. The first-order valence-corrected chi connectivity index (χ1v) is 29.4. The molecule has 2 saturated heterocycles. The monoisotopic (exact) mass is 1110 g/mol. The smallest absolute Gasteiger partial charge is 0.306 e. The van der Waals surface area contributed by atoms with E-state index < -0.39 is 86.7 Å². The molecule has 0 aliphatic carbocycles. The highest BCUT2D eigenvalue weighted by Gasteiger charge is 2.47. The normalized spacial score (nSPS) is 25.1. The van der Waals surface area contributed by atoms with Gasteiger partial charge in [0, 0.05) is 13.0 Å². The van der Waals surface area contributed by atoms with Gasteiger partial charge in [-0.15, -0.1) is 0 Å². The lowest BCUT2D eigenvalue weighted by molar-refractivity contribution is -0.332. The lowest BCUT2D eigenvalue weighted by Crippen LogP contribution is -2.61. The van der Waals surface area contributed by atoms with Gasteiger partial charge in [-0.25, -0.2) is 0 Å². The second kappa shape index (κ2) is 49.7. The quantitative estimate of drug-likeness (QED) is 0.0172. The Bertz CT molecular complexity index is 1860. The van der Waals surface area contributed by atoms with Gasteiger partial charge < -0.3 is 64.2 Å². The third-order valence-electron chi connectivity index (χ3n) is 12.8. The molecule has 0 bridgehead atoms. The summed E-state index contributed by atoms with van der Waals surface area (Å²) in [7, 11) is 0. The number of allylic oxidation sites excluding steroid dienone is 24. The summed E-state index contributed by atoms with van der Waals surface area (Å²) in [6, 6.07) is 0. The average molecular weight is 1110 g/mol. The van der Waals surface area contributed by atoms with Gasteiger partial charge in [-0.3, -0.25) is 4.79 Å². The summed E-state index contributed by atoms with van der Waals surface area (Å²) >= 11 is 0. The number of carbonyl (C=O) groups is 1. The maximum atomic E-state index is 13.1. The maximum Gasteiger partial charge on any atom is 0.306 e. The van der Waals surface area contributed by atoms with Gasteiger partial charge in [0.15, 0.2) is 12.6 Å². The molecule has 11 atom stereocenters. The predicted molar refractivity (Wildman–Crippen MR) is 316 cm³/mol. The Morgan fingerprint density at radius 1 is 0.418 bits per heavy atom. The van der Waals surface area contributed by atoms with Crippen molar-refractivity contribution in [2.75, 3.05) is 33.0 Å². The van der Waals surface area contributed by atoms with Crippen LogP contribution in [0.1, 0.15) is 155 Å². The van der Waals surface area contributed by atoms with Gasteiger partial charge in [-0.05, 0) is 109 Å². The molecule has 11 unspecified atom stereocenters. The van der Waals surface area contributed by atoms with Crippen LogP contribution < -0.4 is 0 Å². The molecule has 2 fully saturated rings. The van der Waals surface area contributed by atoms with E-state index in [1.165, 1.54) is 0 Å². The van der Waals surface area contributed by atoms with Gasteiger partial charge in [0.1, 0.15) is 54.9 Å². The highest BCUT2D eigenvalue weighted by molar-refractivity contribution is 5.69. The third-order valence-corrected chi connectivity index (χ3v) is 12.8. The fourth-order valence-corrected chi connectivity index (χ4v) is 8.19. The summed E-state index contributed by atoms with van der Waals surface area (Å²) in [4.78, 5) is 13.1. The molecule has 0 amide bonds. The molecule has 2 rings (SSSR count). The molecular weight excluding hydrogens is 1000 g/mol. The van der Waals surface area contributed by atoms with Crippen LogP contribution in [0.3, 0.4) is 0 Å². The van der Waals surface area contributed by atoms with Crippen molar-refractivity contribution in [3.63, 3.8) is 0 Å². The second-order valence-corrected chi connectivity index (χ2v) is 19.7. The number of aliphatic hydroxyl groups excluding tert-OH is 7. The molecule has 0 radical (unpaired) electrons. The van der Waals surface area contributed by atoms with Crippen LogP contribution in [0.25, 0.3) is 0 Å². The summed E-state index contributed by atoms with van der Waals surface area (Å²) in [5.41, 5.74) is 0. The van der Waals surface area contributed by atoms with Gasteiger partial charge in [0.25, 0.3) is 0 Å². The Balaban J connectivity index is 1.76. The second-order valence-electron chi connectivity index (χ2n) is 19.7. The van der Waals surface area contributed by atoms with Crippen LogP contribution >= 0.6 is 0 Å². The minimum absolute atomic E-state index is 0.00387. The van der Waals surface area contributed by atoms with E-state index in [-0.39, 0.29) is 19.6 Å². The van der Waals surface area contributed by atoms with Crippen molar-refractivity contribution in [2.24, 2.45) is 0 Å². The summed E-state index contributed by atoms with van der Waals surface area (Å²) in [6.07, 6.45) is 56.2. The molecule has 7 N–H and O–H groups in total. The first-order chi connectivity index (χ1) is 38.6. The molecule has 2 aliphatic heterocycles. The van der Waals surface area contributed by atoms with Crippen LogP contribution in [0.15, 0.2) is 146 Å². The Kier molecular flexibility index (Phi) is 44.6. The summed E-state index contributed by atoms with van der Waals surface area (Å²) in [5.74, 6) is -0.417. The molecule has 0 saturated carbocycles. The minimum atomic E-state index is -1.73. The molecule has 0 aromatic heterocycles. The van der Waals surface area contributed by atoms with Gasteiger partial charge in [0.05, 0.1) is 26.4 Å². The lowest BCUT2D eigenvalue weighted by atomic mass is 9.98. The number of ether oxygens (including phenoxy) is 6. The van der Waals surface area contributed by atoms with Crippen molar-refractivity contribution >= 4 is 5.97 Å². The average Bonchev–Trinajstić information content (AvgIpc) is 3.46. The highest BCUT2D eigenvalue weighted by Crippen LogP contribution is 2.26. The fraction of sp³-hybridized carbons (Fsp3) is 0.615. The standard InChI is InChI=1S/C65H102O14/c1-3-5-7-9-11-13-15-17-19-21-23-25-26-27-28-29-30-32-34-36-38-40-42-44-46-48-57(67)77-54(51-74-49-47-45-43-41-39-37-35-33-31-24-22-20-18-16-14-12-10-8-6-4-2)52-75-64-63(73)61(71)59(69)56(79-64)53-76-65-62(72)60(70)58(68)55(50-66)78-65/h5-8,11-14,17-20,23-25,27-28,30-32,35,37,41,43,54-56,58-66,68-73H,3-4,9-10,15-16,21-22,26,29,33-34,36,38-40,42,44-53H2,1-2H3/b7-5-,8-6-,13-11-,14-12-,19-17-,20-18-,25-23-,28-27-,31-24-,32-30-,37-35-,43-41-. The first kappa shape index (κ1) is 71.0. The van der Waals surface area contributed by atoms with E-state index in [0.29, 0.717) is 13.0 Å². The number of carbonyl (C=O) groups excluding carboxylic acids is 1. The van der Waals surface area contributed by atoms with Crippen LogP contribution in [-0.2, 0) is 33.2 Å². The number of aliphatic hydroxyl groups is 7. The highest BCUT2D eigenvalue weighted by atomic mass is 16.7. The SMILES string of the molecule is CC/C=C\C/C=C\C/C=C\C/C=C\C/C=C\C/C=C\CCCCCCCCC(=O)OC(COCCC/C=C\C/C=C\C/C=C\C/C=C\C/C=C\C/C=C\CC)COC1OC(COC2OC(CO)C(O)C(O)C2O)C(O)C(O)C1O. The van der Waals surface area contributed by atoms with Crippen molar-refractivity contribution in [1.82, 2.24) is 0 Å². The number of hydrogen-bond acceptors (Lipinski definition) is 14. The molecule has 446 valence electrons. The molecule has 14 heteroatoms. The van der Waals surface area contributed by atoms with Crippen LogP contribution in [0.4, 0.5) is 0 Å². The zero-order chi connectivity index (χ0) is 57.2. The zero-order valence-corrected chi connectivity index (χ0v) is 47.8. The molecule has 0 aromatic carbocycles. The summed E-state index contributed by atoms with van der Waals surface area (Å²) < 4.78 is 34.3. The Morgan fingerprint density at radius 2 is 0.785 bits per heavy atom. The molecule has 2 heterocycles. The van der Waals surface area contributed by atoms with E-state index >= 15 is 0 Å². The van der Waals surface area contributed by atoms with E-state index in [0.717, 1.165) is 128 Å². The Hall–Kier alpha value is -4.13. The molecule has 0 aromatic rings. The van der Waals surface area contributed by atoms with Gasteiger partial charge in [0.2, 0.25) is 0 Å². The largest absolute Gasteiger partial charge is 0.457 e. The minimum Gasteiger partial charge on any atom is -0.457 e. The third kappa shape index (κ3) is 36.1. The Labute approximate surface area is 474 Å². The van der Waals surface area contributed by atoms with Crippen LogP contribution in [-0.4, -0.2) is 142 Å². The van der Waals surface area contributed by atoms with Crippen LogP contribution in [0.2, 0.25) is 0 Å². The molecular formula is C65H102O14. The van der Waals surface area contributed by atoms with Crippen molar-refractivity contribution in [3.8, 4) is 0 Å². The number of esters is 1. The number of hydrogen-bond donors (Lipinski definition) is 7. The van der Waals surface area contributed by atoms with E-state index in [1.54, 1.807) is 0 Å². The van der Waals surface area contributed by atoms with Crippen molar-refractivity contribution < 1.29 is 69.0 Å². The Morgan fingerprint density at radius 3 is 1.23 bits per heavy atom. The van der Waals surface area contributed by atoms with Gasteiger partial charge in [-0.1, -0.05) is 185 Å².